The van der Waals surface area contributed by atoms with Crippen molar-refractivity contribution in [2.24, 2.45) is 0 Å². The summed E-state index contributed by atoms with van der Waals surface area (Å²) < 4.78 is 0. The van der Waals surface area contributed by atoms with Crippen LogP contribution in [0.25, 0.3) is 0 Å². The Morgan fingerprint density at radius 1 is 1.10 bits per heavy atom. The lowest BCUT2D eigenvalue weighted by molar-refractivity contribution is 0.0776. The average Bonchev–Trinajstić information content (AvgIpc) is 2.52. The van der Waals surface area contributed by atoms with E-state index in [1.165, 1.54) is 5.56 Å². The number of nitrogens with two attached hydrogens (primary N) is 1. The molecule has 0 unspecified atom stereocenters. The fourth-order valence-corrected chi connectivity index (χ4v) is 2.20. The van der Waals surface area contributed by atoms with Crippen molar-refractivity contribution in [2.75, 3.05) is 18.8 Å². The van der Waals surface area contributed by atoms with Crippen molar-refractivity contribution in [3.63, 3.8) is 0 Å². The summed E-state index contributed by atoms with van der Waals surface area (Å²) in [6.45, 7) is 4.88. The van der Waals surface area contributed by atoms with Crippen LogP contribution in [-0.2, 0) is 6.42 Å². The lowest BCUT2D eigenvalue weighted by Gasteiger charge is -2.22. The van der Waals surface area contributed by atoms with Crippen LogP contribution < -0.4 is 5.73 Å². The number of carbonyl (C=O) groups is 1. The van der Waals surface area contributed by atoms with Crippen LogP contribution in [0.1, 0.15) is 15.9 Å². The number of nitrogens with zero attached hydrogens (tertiary/aromatic N) is 1. The monoisotopic (exact) mass is 280 g/mol. The van der Waals surface area contributed by atoms with Crippen molar-refractivity contribution in [1.82, 2.24) is 4.90 Å². The third kappa shape index (κ3) is 3.96. The van der Waals surface area contributed by atoms with Crippen molar-refractivity contribution in [3.05, 3.63) is 78.4 Å². The molecule has 0 atom stereocenters. The summed E-state index contributed by atoms with van der Waals surface area (Å²) in [6, 6.07) is 17.3. The van der Waals surface area contributed by atoms with Crippen LogP contribution in [-0.4, -0.2) is 23.9 Å². The highest BCUT2D eigenvalue weighted by atomic mass is 16.2. The van der Waals surface area contributed by atoms with Gasteiger partial charge in [-0.05, 0) is 24.1 Å². The van der Waals surface area contributed by atoms with Gasteiger partial charge in [-0.25, -0.2) is 0 Å². The van der Waals surface area contributed by atoms with Crippen LogP contribution in [0.3, 0.4) is 0 Å². The van der Waals surface area contributed by atoms with Crippen LogP contribution in [0.4, 0.5) is 5.69 Å². The van der Waals surface area contributed by atoms with Crippen molar-refractivity contribution in [1.29, 1.82) is 0 Å². The largest absolute Gasteiger partial charge is 0.398 e. The van der Waals surface area contributed by atoms with Crippen LogP contribution in [0.2, 0.25) is 0 Å². The molecule has 3 heteroatoms. The molecule has 0 aliphatic heterocycles. The Hall–Kier alpha value is -2.55. The molecular formula is C18H20N2O. The molecule has 0 saturated carbocycles. The number of carbonyl (C=O) groups excluding carboxylic acids is 1. The van der Waals surface area contributed by atoms with Gasteiger partial charge in [0.25, 0.3) is 5.91 Å². The first kappa shape index (κ1) is 14.9. The first-order chi connectivity index (χ1) is 10.2. The van der Waals surface area contributed by atoms with Crippen LogP contribution in [0.5, 0.6) is 0 Å². The summed E-state index contributed by atoms with van der Waals surface area (Å²) in [5.41, 5.74) is 8.16. The molecule has 0 bridgehead atoms. The van der Waals surface area contributed by atoms with E-state index in [1.54, 1.807) is 23.1 Å². The van der Waals surface area contributed by atoms with Gasteiger partial charge in [-0.1, -0.05) is 48.5 Å². The summed E-state index contributed by atoms with van der Waals surface area (Å²) in [4.78, 5) is 14.3. The van der Waals surface area contributed by atoms with E-state index in [0.29, 0.717) is 24.3 Å². The topological polar surface area (TPSA) is 46.3 Å². The molecule has 108 valence electrons. The van der Waals surface area contributed by atoms with E-state index in [-0.39, 0.29) is 5.91 Å². The zero-order valence-electron chi connectivity index (χ0n) is 12.0. The smallest absolute Gasteiger partial charge is 0.256 e. The number of rotatable bonds is 6. The number of amides is 1. The van der Waals surface area contributed by atoms with Gasteiger partial charge in [0.05, 0.1) is 5.56 Å². The maximum absolute atomic E-state index is 12.6. The second kappa shape index (κ2) is 7.29. The molecule has 0 aliphatic carbocycles. The van der Waals surface area contributed by atoms with E-state index in [9.17, 15) is 4.79 Å². The molecule has 0 heterocycles. The molecule has 3 nitrogen and oxygen atoms in total. The minimum Gasteiger partial charge on any atom is -0.398 e. The molecule has 2 N–H and O–H groups in total. The van der Waals surface area contributed by atoms with Crippen molar-refractivity contribution in [2.45, 2.75) is 6.42 Å². The molecule has 0 aliphatic rings. The second-order valence-electron chi connectivity index (χ2n) is 4.86. The van der Waals surface area contributed by atoms with Crippen molar-refractivity contribution >= 4 is 11.6 Å². The predicted molar refractivity (Wildman–Crippen MR) is 87.1 cm³/mol. The summed E-state index contributed by atoms with van der Waals surface area (Å²) in [6.07, 6.45) is 2.55. The second-order valence-corrected chi connectivity index (χ2v) is 4.86. The van der Waals surface area contributed by atoms with Crippen LogP contribution in [0.15, 0.2) is 67.3 Å². The highest BCUT2D eigenvalue weighted by molar-refractivity contribution is 5.99. The molecule has 21 heavy (non-hydrogen) atoms. The fraction of sp³-hybridized carbons (Fsp3) is 0.167. The number of para-hydroxylation sites is 1. The molecule has 1 amide bonds. The van der Waals surface area contributed by atoms with Crippen molar-refractivity contribution in [3.8, 4) is 0 Å². The number of hydrogen-bond acceptors (Lipinski definition) is 2. The van der Waals surface area contributed by atoms with Gasteiger partial charge in [0.2, 0.25) is 0 Å². The van der Waals surface area contributed by atoms with Gasteiger partial charge < -0.3 is 10.6 Å². The van der Waals surface area contributed by atoms with Gasteiger partial charge in [0.1, 0.15) is 0 Å². The third-order valence-corrected chi connectivity index (χ3v) is 3.34. The van der Waals surface area contributed by atoms with E-state index in [4.69, 9.17) is 5.73 Å². The first-order valence-corrected chi connectivity index (χ1v) is 7.01. The highest BCUT2D eigenvalue weighted by Crippen LogP contribution is 2.14. The Morgan fingerprint density at radius 2 is 1.76 bits per heavy atom. The van der Waals surface area contributed by atoms with Gasteiger partial charge in [-0.2, -0.15) is 0 Å². The average molecular weight is 280 g/mol. The Balaban J connectivity index is 2.10. The number of benzene rings is 2. The number of hydrogen-bond donors (Lipinski definition) is 1. The lowest BCUT2D eigenvalue weighted by atomic mass is 10.1. The summed E-state index contributed by atoms with van der Waals surface area (Å²) in [5, 5.41) is 0. The van der Waals surface area contributed by atoms with Gasteiger partial charge in [0.15, 0.2) is 0 Å². The molecule has 0 spiro atoms. The lowest BCUT2D eigenvalue weighted by Crippen LogP contribution is -2.33. The van der Waals surface area contributed by atoms with Gasteiger partial charge in [0, 0.05) is 18.8 Å². The van der Waals surface area contributed by atoms with Crippen molar-refractivity contribution < 1.29 is 4.79 Å². The molecular weight excluding hydrogens is 260 g/mol. The zero-order valence-corrected chi connectivity index (χ0v) is 12.0. The van der Waals surface area contributed by atoms with E-state index in [2.05, 4.69) is 18.7 Å². The first-order valence-electron chi connectivity index (χ1n) is 7.01. The summed E-state index contributed by atoms with van der Waals surface area (Å²) in [5.74, 6) is -0.0519. The normalized spacial score (nSPS) is 10.1. The predicted octanol–water partition coefficient (Wildman–Crippen LogP) is 3.14. The van der Waals surface area contributed by atoms with E-state index in [0.717, 1.165) is 6.42 Å². The fourth-order valence-electron chi connectivity index (χ4n) is 2.20. The molecule has 2 rings (SSSR count). The molecule has 2 aromatic carbocycles. The molecule has 2 aromatic rings. The van der Waals surface area contributed by atoms with E-state index in [1.807, 2.05) is 30.3 Å². The minimum absolute atomic E-state index is 0.0519. The Kier molecular flexibility index (Phi) is 5.16. The third-order valence-electron chi connectivity index (χ3n) is 3.34. The Bertz CT molecular complexity index is 608. The zero-order chi connectivity index (χ0) is 15.1. The highest BCUT2D eigenvalue weighted by Gasteiger charge is 2.16. The van der Waals surface area contributed by atoms with E-state index < -0.39 is 0 Å². The summed E-state index contributed by atoms with van der Waals surface area (Å²) in [7, 11) is 0. The van der Waals surface area contributed by atoms with Gasteiger partial charge >= 0.3 is 0 Å². The van der Waals surface area contributed by atoms with Crippen LogP contribution >= 0.6 is 0 Å². The van der Waals surface area contributed by atoms with E-state index >= 15 is 0 Å². The van der Waals surface area contributed by atoms with Crippen LogP contribution in [0, 0.1) is 0 Å². The Morgan fingerprint density at radius 3 is 2.43 bits per heavy atom. The quantitative estimate of drug-likeness (QED) is 0.652. The summed E-state index contributed by atoms with van der Waals surface area (Å²) >= 11 is 0. The molecule has 0 fully saturated rings. The maximum Gasteiger partial charge on any atom is 0.256 e. The van der Waals surface area contributed by atoms with Gasteiger partial charge in [-0.15, -0.1) is 6.58 Å². The number of anilines is 1. The molecule has 0 aromatic heterocycles. The number of nitrogen functional groups attached to an aromatic ring is 1. The van der Waals surface area contributed by atoms with Gasteiger partial charge in [-0.3, -0.25) is 4.79 Å². The maximum atomic E-state index is 12.6. The standard InChI is InChI=1S/C18H20N2O/c1-2-13-20(14-12-15-8-4-3-5-9-15)18(21)16-10-6-7-11-17(16)19/h2-11H,1,12-14,19H2. The minimum atomic E-state index is -0.0519. The molecule has 0 saturated heterocycles. The Labute approximate surface area is 125 Å². The SMILES string of the molecule is C=CCN(CCc1ccccc1)C(=O)c1ccccc1N. The molecule has 0 radical (unpaired) electrons.